The fraction of sp³-hybridized carbons (Fsp3) is 1.00. The monoisotopic (exact) mass is 297 g/mol. The summed E-state index contributed by atoms with van der Waals surface area (Å²) in [6.45, 7) is 4.50. The van der Waals surface area contributed by atoms with E-state index < -0.39 is 10.0 Å². The van der Waals surface area contributed by atoms with Gasteiger partial charge in [0.1, 0.15) is 4.66 Å². The fourth-order valence-corrected chi connectivity index (χ4v) is 3.84. The Balaban J connectivity index is 2.62. The van der Waals surface area contributed by atoms with E-state index in [1.54, 1.807) is 7.05 Å². The van der Waals surface area contributed by atoms with Crippen LogP contribution in [0.5, 0.6) is 0 Å². The molecule has 1 rings (SSSR count). The van der Waals surface area contributed by atoms with Crippen molar-refractivity contribution >= 4 is 26.0 Å². The molecule has 90 valence electrons. The molecule has 15 heavy (non-hydrogen) atoms. The number of halogens is 1. The highest BCUT2D eigenvalue weighted by atomic mass is 79.9. The first-order valence-electron chi connectivity index (χ1n) is 5.30. The predicted octanol–water partition coefficient (Wildman–Crippen LogP) is 2.57. The van der Waals surface area contributed by atoms with Crippen LogP contribution >= 0.6 is 15.9 Å². The van der Waals surface area contributed by atoms with Gasteiger partial charge in [0.05, 0.1) is 0 Å². The summed E-state index contributed by atoms with van der Waals surface area (Å²) in [5, 5.41) is 0. The van der Waals surface area contributed by atoms with Crippen molar-refractivity contribution in [1.82, 2.24) is 4.31 Å². The Morgan fingerprint density at radius 3 is 2.20 bits per heavy atom. The second-order valence-electron chi connectivity index (χ2n) is 5.13. The summed E-state index contributed by atoms with van der Waals surface area (Å²) in [7, 11) is -1.39. The molecule has 0 radical (unpaired) electrons. The number of rotatable bonds is 3. The van der Waals surface area contributed by atoms with Gasteiger partial charge >= 0.3 is 0 Å². The van der Waals surface area contributed by atoms with Gasteiger partial charge < -0.3 is 0 Å². The Hall–Kier alpha value is 0.390. The number of sulfonamides is 1. The summed E-state index contributed by atoms with van der Waals surface area (Å²) in [4.78, 5) is 0. The fourth-order valence-electron chi connectivity index (χ4n) is 2.05. The van der Waals surface area contributed by atoms with E-state index in [0.29, 0.717) is 5.41 Å². The number of hydrogen-bond acceptors (Lipinski definition) is 2. The lowest BCUT2D eigenvalue weighted by atomic mass is 9.76. The predicted molar refractivity (Wildman–Crippen MR) is 66.5 cm³/mol. The highest BCUT2D eigenvalue weighted by Crippen LogP contribution is 2.37. The summed E-state index contributed by atoms with van der Waals surface area (Å²) >= 11 is 3.03. The van der Waals surface area contributed by atoms with E-state index in [9.17, 15) is 8.42 Å². The molecule has 5 heteroatoms. The first kappa shape index (κ1) is 13.5. The van der Waals surface area contributed by atoms with Crippen molar-refractivity contribution in [3.63, 3.8) is 0 Å². The van der Waals surface area contributed by atoms with Crippen LogP contribution in [0.3, 0.4) is 0 Å². The first-order chi connectivity index (χ1) is 6.78. The average Bonchev–Trinajstić information content (AvgIpc) is 2.17. The quantitative estimate of drug-likeness (QED) is 0.751. The molecule has 0 atom stereocenters. The van der Waals surface area contributed by atoms with E-state index in [4.69, 9.17) is 0 Å². The van der Waals surface area contributed by atoms with Crippen molar-refractivity contribution in [2.75, 3.05) is 11.7 Å². The van der Waals surface area contributed by atoms with Crippen LogP contribution in [0.2, 0.25) is 0 Å². The Kier molecular flexibility index (Phi) is 4.23. The zero-order valence-electron chi connectivity index (χ0n) is 9.66. The molecule has 0 N–H and O–H groups in total. The standard InChI is InChI=1S/C10H20BrNO2S/c1-10(2)6-4-9(5-7-10)12(3)15(13,14)8-11/h9H,4-8H2,1-3H3. The van der Waals surface area contributed by atoms with Crippen molar-refractivity contribution in [1.29, 1.82) is 0 Å². The topological polar surface area (TPSA) is 37.4 Å². The third kappa shape index (κ3) is 3.43. The maximum Gasteiger partial charge on any atom is 0.224 e. The minimum atomic E-state index is -3.09. The largest absolute Gasteiger partial charge is 0.224 e. The molecule has 0 amide bonds. The highest BCUT2D eigenvalue weighted by molar-refractivity contribution is 9.10. The van der Waals surface area contributed by atoms with Crippen LogP contribution in [0, 0.1) is 5.41 Å². The molecule has 1 aliphatic carbocycles. The third-order valence-corrected chi connectivity index (χ3v) is 6.59. The van der Waals surface area contributed by atoms with Gasteiger partial charge in [-0.1, -0.05) is 29.8 Å². The summed E-state index contributed by atoms with van der Waals surface area (Å²) < 4.78 is 24.8. The molecule has 0 aromatic carbocycles. The summed E-state index contributed by atoms with van der Waals surface area (Å²) in [6.07, 6.45) is 4.19. The zero-order valence-corrected chi connectivity index (χ0v) is 12.1. The summed E-state index contributed by atoms with van der Waals surface area (Å²) in [5.41, 5.74) is 0.384. The molecular weight excluding hydrogens is 278 g/mol. The van der Waals surface area contributed by atoms with Crippen LogP contribution in [-0.4, -0.2) is 30.5 Å². The molecule has 0 unspecified atom stereocenters. The minimum Gasteiger partial charge on any atom is -0.211 e. The van der Waals surface area contributed by atoms with Gasteiger partial charge in [0, 0.05) is 13.1 Å². The molecule has 0 aliphatic heterocycles. The Bertz CT molecular complexity index is 303. The van der Waals surface area contributed by atoms with Crippen molar-refractivity contribution < 1.29 is 8.42 Å². The Morgan fingerprint density at radius 2 is 1.80 bits per heavy atom. The second-order valence-corrected chi connectivity index (χ2v) is 8.46. The summed E-state index contributed by atoms with van der Waals surface area (Å²) in [5.74, 6) is 0. The van der Waals surface area contributed by atoms with Crippen molar-refractivity contribution in [2.45, 2.75) is 45.6 Å². The van der Waals surface area contributed by atoms with E-state index >= 15 is 0 Å². The van der Waals surface area contributed by atoms with Gasteiger partial charge in [0.15, 0.2) is 0 Å². The molecule has 0 saturated heterocycles. The van der Waals surface area contributed by atoms with Gasteiger partial charge in [0.2, 0.25) is 10.0 Å². The molecule has 0 heterocycles. The van der Waals surface area contributed by atoms with E-state index in [0.717, 1.165) is 25.7 Å². The van der Waals surface area contributed by atoms with E-state index in [1.165, 1.54) is 4.31 Å². The Labute approximate surface area is 101 Å². The molecule has 0 spiro atoms. The van der Waals surface area contributed by atoms with Gasteiger partial charge in [0.25, 0.3) is 0 Å². The van der Waals surface area contributed by atoms with Crippen molar-refractivity contribution in [3.05, 3.63) is 0 Å². The maximum absolute atomic E-state index is 11.6. The van der Waals surface area contributed by atoms with Gasteiger partial charge in [-0.3, -0.25) is 0 Å². The summed E-state index contributed by atoms with van der Waals surface area (Å²) in [6, 6.07) is 0.195. The Morgan fingerprint density at radius 1 is 1.33 bits per heavy atom. The molecule has 0 aromatic rings. The van der Waals surface area contributed by atoms with Gasteiger partial charge in [-0.25, -0.2) is 12.7 Å². The van der Waals surface area contributed by atoms with Crippen LogP contribution in [0.25, 0.3) is 0 Å². The number of alkyl halides is 1. The van der Waals surface area contributed by atoms with E-state index in [2.05, 4.69) is 29.8 Å². The van der Waals surface area contributed by atoms with Gasteiger partial charge in [-0.15, -0.1) is 0 Å². The van der Waals surface area contributed by atoms with Crippen LogP contribution in [0.1, 0.15) is 39.5 Å². The van der Waals surface area contributed by atoms with Gasteiger partial charge in [-0.05, 0) is 31.1 Å². The highest BCUT2D eigenvalue weighted by Gasteiger charge is 2.32. The lowest BCUT2D eigenvalue weighted by Crippen LogP contribution is -2.41. The van der Waals surface area contributed by atoms with Crippen LogP contribution in [-0.2, 0) is 10.0 Å². The maximum atomic E-state index is 11.6. The molecule has 1 aliphatic rings. The number of hydrogen-bond donors (Lipinski definition) is 0. The van der Waals surface area contributed by atoms with E-state index in [-0.39, 0.29) is 10.7 Å². The minimum absolute atomic E-state index is 0.0242. The lowest BCUT2D eigenvalue weighted by molar-refractivity contribution is 0.174. The number of nitrogens with zero attached hydrogens (tertiary/aromatic N) is 1. The molecule has 1 saturated carbocycles. The zero-order chi connectivity index (χ0) is 11.7. The van der Waals surface area contributed by atoms with Crippen LogP contribution < -0.4 is 0 Å². The van der Waals surface area contributed by atoms with Gasteiger partial charge in [-0.2, -0.15) is 0 Å². The second kappa shape index (κ2) is 4.72. The molecule has 0 bridgehead atoms. The van der Waals surface area contributed by atoms with Crippen LogP contribution in [0.4, 0.5) is 0 Å². The SMILES string of the molecule is CN(C1CCC(C)(C)CC1)S(=O)(=O)CBr. The smallest absolute Gasteiger partial charge is 0.211 e. The lowest BCUT2D eigenvalue weighted by Gasteiger charge is -2.37. The molecule has 1 fully saturated rings. The van der Waals surface area contributed by atoms with Crippen molar-refractivity contribution in [2.24, 2.45) is 5.41 Å². The molecule has 0 aromatic heterocycles. The average molecular weight is 298 g/mol. The third-order valence-electron chi connectivity index (χ3n) is 3.40. The van der Waals surface area contributed by atoms with Crippen molar-refractivity contribution in [3.8, 4) is 0 Å². The van der Waals surface area contributed by atoms with E-state index in [1.807, 2.05) is 0 Å². The van der Waals surface area contributed by atoms with Crippen LogP contribution in [0.15, 0.2) is 0 Å². The molecule has 3 nitrogen and oxygen atoms in total. The molecular formula is C10H20BrNO2S. The first-order valence-corrected chi connectivity index (χ1v) is 8.03. The normalized spacial score (nSPS) is 23.3.